The molecule has 1 aromatic rings. The van der Waals surface area contributed by atoms with Crippen molar-refractivity contribution < 1.29 is 9.53 Å². The average Bonchev–Trinajstić information content (AvgIpc) is 2.68. The molecule has 0 aliphatic heterocycles. The Balaban J connectivity index is 0.00000361. The lowest BCUT2D eigenvalue weighted by molar-refractivity contribution is 0.0953. The first-order chi connectivity index (χ1) is 9.11. The van der Waals surface area contributed by atoms with Gasteiger partial charge in [-0.05, 0) is 26.8 Å². The molecule has 6 heteroatoms. The van der Waals surface area contributed by atoms with E-state index in [9.17, 15) is 4.79 Å². The number of hydrogen-bond acceptors (Lipinski definition) is 3. The lowest BCUT2D eigenvalue weighted by Crippen LogP contribution is -2.33. The third kappa shape index (κ3) is 5.15. The van der Waals surface area contributed by atoms with E-state index in [0.717, 1.165) is 36.6 Å². The summed E-state index contributed by atoms with van der Waals surface area (Å²) in [6.07, 6.45) is 0. The zero-order valence-corrected chi connectivity index (χ0v) is 13.6. The zero-order chi connectivity index (χ0) is 14.3. The van der Waals surface area contributed by atoms with Gasteiger partial charge in [-0.2, -0.15) is 0 Å². The van der Waals surface area contributed by atoms with Crippen LogP contribution in [0.25, 0.3) is 0 Å². The Hall–Kier alpha value is -1.04. The van der Waals surface area contributed by atoms with E-state index in [-0.39, 0.29) is 18.3 Å². The van der Waals surface area contributed by atoms with Crippen LogP contribution < -0.4 is 10.6 Å². The minimum absolute atomic E-state index is 0. The standard InChI is InChI=1S/C14H25N3O2.ClH/c1-5-17-11(2)10-13(12(17)3)14(18)16-7-6-15-8-9-19-4;/h10,15H,5-9H2,1-4H3,(H,16,18);1H. The number of nitrogens with zero attached hydrogens (tertiary/aromatic N) is 1. The fraction of sp³-hybridized carbons (Fsp3) is 0.643. The highest BCUT2D eigenvalue weighted by Crippen LogP contribution is 2.14. The molecule has 0 aromatic carbocycles. The summed E-state index contributed by atoms with van der Waals surface area (Å²) in [5.74, 6) is 0.00124. The van der Waals surface area contributed by atoms with Crippen LogP contribution in [0.5, 0.6) is 0 Å². The van der Waals surface area contributed by atoms with Crippen molar-refractivity contribution in [2.24, 2.45) is 0 Å². The number of ether oxygens (including phenoxy) is 1. The molecule has 0 spiro atoms. The number of nitrogens with one attached hydrogen (secondary N) is 2. The van der Waals surface area contributed by atoms with E-state index >= 15 is 0 Å². The predicted octanol–water partition coefficient (Wildman–Crippen LogP) is 1.51. The molecule has 1 heterocycles. The number of hydrogen-bond donors (Lipinski definition) is 2. The SMILES string of the molecule is CCn1c(C)cc(C(=O)NCCNCCOC)c1C.Cl. The average molecular weight is 304 g/mol. The number of methoxy groups -OCH3 is 1. The maximum atomic E-state index is 12.1. The van der Waals surface area contributed by atoms with Gasteiger partial charge in [0.2, 0.25) is 0 Å². The molecule has 0 saturated carbocycles. The molecule has 0 radical (unpaired) electrons. The third-order valence-corrected chi connectivity index (χ3v) is 3.20. The molecule has 0 atom stereocenters. The quantitative estimate of drug-likeness (QED) is 0.716. The summed E-state index contributed by atoms with van der Waals surface area (Å²) in [5, 5.41) is 6.12. The van der Waals surface area contributed by atoms with Crippen molar-refractivity contribution in [3.63, 3.8) is 0 Å². The number of carbonyl (C=O) groups is 1. The molecule has 0 aliphatic rings. The van der Waals surface area contributed by atoms with Crippen LogP contribution in [-0.4, -0.2) is 43.8 Å². The van der Waals surface area contributed by atoms with Crippen LogP contribution in [0.4, 0.5) is 0 Å². The van der Waals surface area contributed by atoms with Crippen LogP contribution in [0.15, 0.2) is 6.07 Å². The predicted molar refractivity (Wildman–Crippen MR) is 83.9 cm³/mol. The summed E-state index contributed by atoms with van der Waals surface area (Å²) in [4.78, 5) is 12.1. The molecule has 5 nitrogen and oxygen atoms in total. The summed E-state index contributed by atoms with van der Waals surface area (Å²) in [6.45, 7) is 9.86. The monoisotopic (exact) mass is 303 g/mol. The van der Waals surface area contributed by atoms with Crippen molar-refractivity contribution in [2.45, 2.75) is 27.3 Å². The summed E-state index contributed by atoms with van der Waals surface area (Å²) < 4.78 is 7.07. The topological polar surface area (TPSA) is 55.3 Å². The maximum absolute atomic E-state index is 12.1. The first-order valence-corrected chi connectivity index (χ1v) is 6.76. The highest BCUT2D eigenvalue weighted by Gasteiger charge is 2.14. The molecule has 0 fully saturated rings. The Labute approximate surface area is 127 Å². The van der Waals surface area contributed by atoms with Crippen LogP contribution in [0.2, 0.25) is 0 Å². The summed E-state index contributed by atoms with van der Waals surface area (Å²) >= 11 is 0. The van der Waals surface area contributed by atoms with Crippen molar-refractivity contribution in [2.75, 3.05) is 33.4 Å². The van der Waals surface area contributed by atoms with E-state index in [0.29, 0.717) is 13.2 Å². The normalized spacial score (nSPS) is 10.2. The Morgan fingerprint density at radius 3 is 2.55 bits per heavy atom. The molecular weight excluding hydrogens is 278 g/mol. The van der Waals surface area contributed by atoms with Crippen LogP contribution in [0.3, 0.4) is 0 Å². The zero-order valence-electron chi connectivity index (χ0n) is 12.8. The second-order valence-corrected chi connectivity index (χ2v) is 4.53. The second-order valence-electron chi connectivity index (χ2n) is 4.53. The van der Waals surface area contributed by atoms with Gasteiger partial charge in [-0.25, -0.2) is 0 Å². The Bertz CT molecular complexity index is 419. The number of carbonyl (C=O) groups excluding carboxylic acids is 1. The second kappa shape index (κ2) is 9.80. The fourth-order valence-corrected chi connectivity index (χ4v) is 2.18. The molecule has 2 N–H and O–H groups in total. The van der Waals surface area contributed by atoms with E-state index in [1.165, 1.54) is 0 Å². The molecule has 1 amide bonds. The molecule has 1 aromatic heterocycles. The fourth-order valence-electron chi connectivity index (χ4n) is 2.18. The van der Waals surface area contributed by atoms with Crippen molar-refractivity contribution in [1.82, 2.24) is 15.2 Å². The minimum atomic E-state index is 0. The lowest BCUT2D eigenvalue weighted by atomic mass is 10.2. The van der Waals surface area contributed by atoms with Gasteiger partial charge in [0.05, 0.1) is 12.2 Å². The number of aryl methyl sites for hydroxylation is 1. The molecule has 0 saturated heterocycles. The third-order valence-electron chi connectivity index (χ3n) is 3.20. The first kappa shape index (κ1) is 19.0. The van der Waals surface area contributed by atoms with E-state index in [2.05, 4.69) is 22.1 Å². The Morgan fingerprint density at radius 2 is 2.00 bits per heavy atom. The molecule has 0 unspecified atom stereocenters. The van der Waals surface area contributed by atoms with Crippen LogP contribution >= 0.6 is 12.4 Å². The Kier molecular flexibility index (Phi) is 9.29. The lowest BCUT2D eigenvalue weighted by Gasteiger charge is -2.08. The van der Waals surface area contributed by atoms with Gasteiger partial charge in [0, 0.05) is 44.7 Å². The first-order valence-electron chi connectivity index (χ1n) is 6.76. The highest BCUT2D eigenvalue weighted by molar-refractivity contribution is 5.95. The molecule has 20 heavy (non-hydrogen) atoms. The van der Waals surface area contributed by atoms with Gasteiger partial charge in [-0.3, -0.25) is 4.79 Å². The number of aromatic nitrogens is 1. The van der Waals surface area contributed by atoms with Crippen LogP contribution in [0.1, 0.15) is 28.7 Å². The van der Waals surface area contributed by atoms with Crippen LogP contribution in [-0.2, 0) is 11.3 Å². The molecule has 1 rings (SSSR count). The minimum Gasteiger partial charge on any atom is -0.383 e. The smallest absolute Gasteiger partial charge is 0.253 e. The van der Waals surface area contributed by atoms with Crippen molar-refractivity contribution in [1.29, 1.82) is 0 Å². The maximum Gasteiger partial charge on any atom is 0.253 e. The van der Waals surface area contributed by atoms with E-state index < -0.39 is 0 Å². The molecular formula is C14H26ClN3O2. The van der Waals surface area contributed by atoms with Crippen molar-refractivity contribution >= 4 is 18.3 Å². The largest absolute Gasteiger partial charge is 0.383 e. The van der Waals surface area contributed by atoms with E-state index in [1.54, 1.807) is 7.11 Å². The molecule has 0 bridgehead atoms. The van der Waals surface area contributed by atoms with Gasteiger partial charge in [0.1, 0.15) is 0 Å². The summed E-state index contributed by atoms with van der Waals surface area (Å²) in [5.41, 5.74) is 2.93. The number of amides is 1. The van der Waals surface area contributed by atoms with Gasteiger partial charge in [-0.1, -0.05) is 0 Å². The molecule has 0 aliphatic carbocycles. The van der Waals surface area contributed by atoms with Crippen molar-refractivity contribution in [3.8, 4) is 0 Å². The summed E-state index contributed by atoms with van der Waals surface area (Å²) in [7, 11) is 1.67. The van der Waals surface area contributed by atoms with Gasteiger partial charge < -0.3 is 19.9 Å². The highest BCUT2D eigenvalue weighted by atomic mass is 35.5. The van der Waals surface area contributed by atoms with Crippen molar-refractivity contribution in [3.05, 3.63) is 23.0 Å². The van der Waals surface area contributed by atoms with E-state index in [4.69, 9.17) is 4.74 Å². The molecule has 116 valence electrons. The van der Waals surface area contributed by atoms with Gasteiger partial charge >= 0.3 is 0 Å². The summed E-state index contributed by atoms with van der Waals surface area (Å²) in [6, 6.07) is 1.95. The van der Waals surface area contributed by atoms with Crippen LogP contribution in [0, 0.1) is 13.8 Å². The number of rotatable bonds is 8. The van der Waals surface area contributed by atoms with Gasteiger partial charge in [-0.15, -0.1) is 12.4 Å². The van der Waals surface area contributed by atoms with E-state index in [1.807, 2.05) is 19.9 Å². The van der Waals surface area contributed by atoms with Gasteiger partial charge in [0.25, 0.3) is 5.91 Å². The Morgan fingerprint density at radius 1 is 1.30 bits per heavy atom. The van der Waals surface area contributed by atoms with Gasteiger partial charge in [0.15, 0.2) is 0 Å². The number of halogens is 1.